The number of ketones is 2. The Labute approximate surface area is 479 Å². The van der Waals surface area contributed by atoms with Gasteiger partial charge >= 0.3 is 5.97 Å². The Bertz CT molecular complexity index is 2040. The standard InChI is InChI=1S/C63H109NO13Si2/c1-17-78(18-2,19-3)76-53-34-32-49(39-56(53)72-15)38-45(10)55-41-52(65)44(9)37-47(12)58(77-79(20-4,21-5)22-6)59(73-16)57(66)46(11)36-42(7)28-24-23-25-29-43(8)54(71-14)40-50-33-31-48(13)63(70,75-50)60(67)61(68)64-35-27-26-30-51(64)62(69)74-55/h23-25,28-29,37,42,44-46,48-56,58-59,65,70H,17-22,26-27,30-36,38-41H2,1-16H3/b25-23+,28-24+,43-29+,47-37+/t42-,44-,45-,46-,48-,49+,50+,51+,52-,53?,54+,55+,56-,58?,59+,63-/m1/s1. The Kier molecular flexibility index (Phi) is 28.3. The van der Waals surface area contributed by atoms with Gasteiger partial charge < -0.3 is 47.6 Å². The monoisotopic (exact) mass is 1140 g/mol. The molecule has 14 nitrogen and oxygen atoms in total. The van der Waals surface area contributed by atoms with Gasteiger partial charge in [0.05, 0.1) is 36.6 Å². The summed E-state index contributed by atoms with van der Waals surface area (Å²) in [5.41, 5.74) is 1.71. The number of allylic oxidation sites excluding steroid dienone is 5. The van der Waals surface area contributed by atoms with Gasteiger partial charge in [-0.05, 0) is 143 Å². The van der Waals surface area contributed by atoms with Crippen LogP contribution in [0.25, 0.3) is 0 Å². The second-order valence-electron chi connectivity index (χ2n) is 24.5. The number of methoxy groups -OCH3 is 3. The molecular weight excluding hydrogens is 1030 g/mol. The Balaban J connectivity index is 1.80. The molecule has 3 heterocycles. The SMILES string of the molecule is CC[Si](CC)(CC)OC1CC[C@@H](C[C@@H](C)[C@@H]2C[C@@H](O)[C@H](C)/C=C(\C)C(O[Si](CC)(CC)CC)[C@@H](OC)C(=O)[C@H](C)C[C@H](C)/C=C/C=C/C=C(\C)[C@@H](OC)C[C@@H]3CC[C@@H](C)[C@@](O)(O3)C(=O)C(=O)N3CCCC[C@H]3C(=O)O2)C[C@H]1OC. The first-order chi connectivity index (χ1) is 37.5. The predicted molar refractivity (Wildman–Crippen MR) is 318 cm³/mol. The second kappa shape index (κ2) is 32.4. The van der Waals surface area contributed by atoms with Crippen molar-refractivity contribution in [2.45, 2.75) is 264 Å². The fraction of sp³-hybridized carbons (Fsp3) is 0.810. The number of nitrogens with zero attached hydrogens (tertiary/aromatic N) is 1. The van der Waals surface area contributed by atoms with E-state index in [1.807, 2.05) is 58.1 Å². The van der Waals surface area contributed by atoms with Crippen LogP contribution in [0.4, 0.5) is 0 Å². The van der Waals surface area contributed by atoms with Crippen molar-refractivity contribution in [3.63, 3.8) is 0 Å². The number of hydrogen-bond acceptors (Lipinski definition) is 13. The molecule has 0 radical (unpaired) electrons. The number of fused-ring (bicyclic) bond motifs is 3. The molecule has 0 aromatic heterocycles. The number of carbonyl (C=O) groups is 4. The van der Waals surface area contributed by atoms with Gasteiger partial charge in [-0.2, -0.15) is 0 Å². The van der Waals surface area contributed by atoms with E-state index in [0.29, 0.717) is 44.9 Å². The van der Waals surface area contributed by atoms with Crippen molar-refractivity contribution in [3.8, 4) is 0 Å². The molecule has 1 saturated carbocycles. The van der Waals surface area contributed by atoms with E-state index in [0.717, 1.165) is 66.7 Å². The molecule has 0 spiro atoms. The number of rotatable bonds is 16. The molecular formula is C63H109NO13Si2. The maximum absolute atomic E-state index is 14.9. The van der Waals surface area contributed by atoms with Gasteiger partial charge in [-0.15, -0.1) is 0 Å². The molecule has 16 atom stereocenters. The number of aliphatic hydroxyl groups is 2. The molecule has 4 rings (SSSR count). The Morgan fingerprint density at radius 2 is 1.37 bits per heavy atom. The summed E-state index contributed by atoms with van der Waals surface area (Å²) in [7, 11) is 0.728. The molecule has 79 heavy (non-hydrogen) atoms. The lowest BCUT2D eigenvalue weighted by atomic mass is 9.78. The number of esters is 1. The lowest BCUT2D eigenvalue weighted by molar-refractivity contribution is -0.265. The summed E-state index contributed by atoms with van der Waals surface area (Å²) in [6.45, 7) is 27.1. The van der Waals surface area contributed by atoms with Crippen LogP contribution in [0.5, 0.6) is 0 Å². The van der Waals surface area contributed by atoms with Gasteiger partial charge in [0.1, 0.15) is 18.2 Å². The Hall–Kier alpha value is -2.65. The number of cyclic esters (lactones) is 1. The van der Waals surface area contributed by atoms with Gasteiger partial charge in [0, 0.05) is 58.5 Å². The van der Waals surface area contributed by atoms with Gasteiger partial charge in [0.2, 0.25) is 5.79 Å². The van der Waals surface area contributed by atoms with E-state index >= 15 is 0 Å². The number of piperidine rings is 1. The van der Waals surface area contributed by atoms with Crippen LogP contribution < -0.4 is 0 Å². The van der Waals surface area contributed by atoms with E-state index < -0.39 is 94.6 Å². The van der Waals surface area contributed by atoms with Crippen molar-refractivity contribution >= 4 is 40.1 Å². The van der Waals surface area contributed by atoms with Gasteiger partial charge in [0.25, 0.3) is 11.7 Å². The number of carbonyl (C=O) groups excluding carboxylic acids is 4. The lowest BCUT2D eigenvalue weighted by Gasteiger charge is -2.43. The summed E-state index contributed by atoms with van der Waals surface area (Å²) in [6, 6.07) is 4.69. The zero-order valence-electron chi connectivity index (χ0n) is 51.9. The molecule has 3 aliphatic heterocycles. The van der Waals surface area contributed by atoms with Crippen LogP contribution in [0, 0.1) is 35.5 Å². The molecule has 2 N–H and O–H groups in total. The van der Waals surface area contributed by atoms with E-state index in [9.17, 15) is 29.4 Å². The molecule has 452 valence electrons. The van der Waals surface area contributed by atoms with Gasteiger partial charge in [0.15, 0.2) is 22.4 Å². The van der Waals surface area contributed by atoms with E-state index in [1.165, 1.54) is 4.90 Å². The third kappa shape index (κ3) is 18.2. The number of aliphatic hydroxyl groups excluding tert-OH is 1. The summed E-state index contributed by atoms with van der Waals surface area (Å²) in [5, 5.41) is 24.5. The minimum absolute atomic E-state index is 0.0214. The van der Waals surface area contributed by atoms with Crippen molar-refractivity contribution in [1.29, 1.82) is 0 Å². The van der Waals surface area contributed by atoms with Crippen LogP contribution in [0.1, 0.15) is 167 Å². The fourth-order valence-corrected chi connectivity index (χ4v) is 18.9. The van der Waals surface area contributed by atoms with Crippen LogP contribution in [-0.2, 0) is 51.7 Å². The number of Topliss-reactive ketones (excluding diaryl/α,β-unsaturated/α-hetero) is 2. The second-order valence-corrected chi connectivity index (χ2v) is 33.9. The minimum atomic E-state index is -2.41. The average molecular weight is 1140 g/mol. The number of hydrogen-bond donors (Lipinski definition) is 2. The van der Waals surface area contributed by atoms with Crippen molar-refractivity contribution in [3.05, 3.63) is 47.6 Å². The Morgan fingerprint density at radius 1 is 0.722 bits per heavy atom. The van der Waals surface area contributed by atoms with Crippen molar-refractivity contribution in [2.24, 2.45) is 35.5 Å². The third-order valence-electron chi connectivity index (χ3n) is 19.3. The third-order valence-corrected chi connectivity index (χ3v) is 28.5. The highest BCUT2D eigenvalue weighted by molar-refractivity contribution is 6.74. The maximum Gasteiger partial charge on any atom is 0.329 e. The first-order valence-electron chi connectivity index (χ1n) is 30.8. The Morgan fingerprint density at radius 3 is 1.97 bits per heavy atom. The summed E-state index contributed by atoms with van der Waals surface area (Å²) < 4.78 is 45.4. The highest BCUT2D eigenvalue weighted by atomic mass is 28.4. The van der Waals surface area contributed by atoms with Crippen LogP contribution in [-0.4, -0.2) is 144 Å². The van der Waals surface area contributed by atoms with Crippen LogP contribution in [0.3, 0.4) is 0 Å². The smallest absolute Gasteiger partial charge is 0.329 e. The van der Waals surface area contributed by atoms with Gasteiger partial charge in [-0.1, -0.05) is 113 Å². The molecule has 0 aromatic carbocycles. The first kappa shape index (κ1) is 68.9. The normalized spacial score (nSPS) is 36.8. The fourth-order valence-electron chi connectivity index (χ4n) is 13.1. The lowest BCUT2D eigenvalue weighted by Crippen LogP contribution is -2.61. The van der Waals surface area contributed by atoms with Crippen LogP contribution in [0.15, 0.2) is 47.6 Å². The molecule has 2 unspecified atom stereocenters. The van der Waals surface area contributed by atoms with E-state index in [1.54, 1.807) is 28.3 Å². The van der Waals surface area contributed by atoms with E-state index in [2.05, 4.69) is 61.5 Å². The van der Waals surface area contributed by atoms with Crippen molar-refractivity contribution in [2.75, 3.05) is 27.9 Å². The quantitative estimate of drug-likeness (QED) is 0.0647. The highest BCUT2D eigenvalue weighted by Gasteiger charge is 2.53. The van der Waals surface area contributed by atoms with Gasteiger partial charge in [-0.25, -0.2) is 4.79 Å². The molecule has 4 aliphatic rings. The summed E-state index contributed by atoms with van der Waals surface area (Å²) in [4.78, 5) is 59.8. The summed E-state index contributed by atoms with van der Waals surface area (Å²) in [6.07, 6.45) is 14.3. The maximum atomic E-state index is 14.9. The largest absolute Gasteiger partial charge is 0.460 e. The topological polar surface area (TPSA) is 177 Å². The number of ether oxygens (including phenoxy) is 5. The van der Waals surface area contributed by atoms with Gasteiger partial charge in [-0.3, -0.25) is 14.4 Å². The molecule has 0 aromatic rings. The first-order valence-corrected chi connectivity index (χ1v) is 35.9. The number of amides is 1. The van der Waals surface area contributed by atoms with E-state index in [4.69, 9.17) is 32.5 Å². The molecule has 1 aliphatic carbocycles. The molecule has 16 heteroatoms. The summed E-state index contributed by atoms with van der Waals surface area (Å²) in [5.74, 6) is -6.57. The zero-order chi connectivity index (χ0) is 58.8. The molecule has 2 saturated heterocycles. The van der Waals surface area contributed by atoms with E-state index in [-0.39, 0.29) is 61.0 Å². The molecule has 1 amide bonds. The highest BCUT2D eigenvalue weighted by Crippen LogP contribution is 2.40. The van der Waals surface area contributed by atoms with Crippen LogP contribution in [0.2, 0.25) is 36.3 Å². The average Bonchev–Trinajstić information content (AvgIpc) is 3.49. The van der Waals surface area contributed by atoms with Crippen molar-refractivity contribution in [1.82, 2.24) is 4.90 Å². The zero-order valence-corrected chi connectivity index (χ0v) is 53.9. The predicted octanol–water partition coefficient (Wildman–Crippen LogP) is 12.0. The molecule has 2 bridgehead atoms. The molecule has 3 fully saturated rings. The summed E-state index contributed by atoms with van der Waals surface area (Å²) >= 11 is 0. The minimum Gasteiger partial charge on any atom is -0.460 e. The van der Waals surface area contributed by atoms with Crippen molar-refractivity contribution < 1.29 is 61.9 Å². The van der Waals surface area contributed by atoms with Crippen LogP contribution >= 0.6 is 0 Å².